The molecule has 2 aromatic carbocycles. The van der Waals surface area contributed by atoms with Gasteiger partial charge in [0.1, 0.15) is 5.75 Å². The van der Waals surface area contributed by atoms with Crippen molar-refractivity contribution in [3.8, 4) is 5.75 Å². The summed E-state index contributed by atoms with van der Waals surface area (Å²) in [4.78, 5) is 31.8. The fourth-order valence-corrected chi connectivity index (χ4v) is 1.90. The van der Waals surface area contributed by atoms with Crippen molar-refractivity contribution in [1.29, 1.82) is 0 Å². The molecule has 0 spiro atoms. The number of nitro groups is 2. The largest absolute Gasteiger partial charge is 0.423 e. The normalized spacial score (nSPS) is 10.9. The van der Waals surface area contributed by atoms with Crippen molar-refractivity contribution in [2.24, 2.45) is 0 Å². The van der Waals surface area contributed by atoms with Crippen LogP contribution in [0, 0.1) is 20.2 Å². The predicted octanol–water partition coefficient (Wildman–Crippen LogP) is 3.46. The third kappa shape index (κ3) is 5.39. The maximum Gasteiger partial charge on any atom is 0.336 e. The highest BCUT2D eigenvalue weighted by molar-refractivity contribution is 5.89. The number of ether oxygens (including phenoxy) is 1. The Kier molecular flexibility index (Phi) is 5.72. The van der Waals surface area contributed by atoms with Crippen LogP contribution in [0.2, 0.25) is 0 Å². The SMILES string of the molecule is O=C(/C=C/c1cccc([N+](=O)[O-])c1)Oc1ccccc1/C=C/[N+](=O)[O-]. The standard InChI is InChI=1S/C17H12N2O6/c20-17(9-8-13-4-3-6-15(12-13)19(23)24)25-16-7-2-1-5-14(16)10-11-18(21)22/h1-12H/b9-8+,11-10+. The van der Waals surface area contributed by atoms with E-state index < -0.39 is 15.8 Å². The summed E-state index contributed by atoms with van der Waals surface area (Å²) in [5.74, 6) is -0.553. The fourth-order valence-electron chi connectivity index (χ4n) is 1.90. The van der Waals surface area contributed by atoms with Crippen LogP contribution in [0.15, 0.2) is 60.8 Å². The van der Waals surface area contributed by atoms with Gasteiger partial charge < -0.3 is 4.74 Å². The topological polar surface area (TPSA) is 113 Å². The molecule has 126 valence electrons. The highest BCUT2D eigenvalue weighted by Gasteiger charge is 2.07. The molecule has 0 fully saturated rings. The van der Waals surface area contributed by atoms with Crippen LogP contribution in [0.25, 0.3) is 12.2 Å². The van der Waals surface area contributed by atoms with Gasteiger partial charge in [-0.15, -0.1) is 0 Å². The molecule has 8 heteroatoms. The highest BCUT2D eigenvalue weighted by atomic mass is 16.6. The molecule has 0 aliphatic carbocycles. The molecular formula is C17H12N2O6. The van der Waals surface area contributed by atoms with Crippen molar-refractivity contribution in [3.63, 3.8) is 0 Å². The Bertz CT molecular complexity index is 873. The number of hydrogen-bond acceptors (Lipinski definition) is 6. The van der Waals surface area contributed by atoms with Crippen molar-refractivity contribution >= 4 is 23.8 Å². The van der Waals surface area contributed by atoms with E-state index in [0.717, 1.165) is 12.3 Å². The van der Waals surface area contributed by atoms with E-state index in [1.165, 1.54) is 36.4 Å². The van der Waals surface area contributed by atoms with E-state index in [0.29, 0.717) is 11.1 Å². The quantitative estimate of drug-likeness (QED) is 0.262. The average Bonchev–Trinajstić information content (AvgIpc) is 2.59. The summed E-state index contributed by atoms with van der Waals surface area (Å²) in [6.45, 7) is 0. The number of hydrogen-bond donors (Lipinski definition) is 0. The van der Waals surface area contributed by atoms with Crippen molar-refractivity contribution in [2.45, 2.75) is 0 Å². The highest BCUT2D eigenvalue weighted by Crippen LogP contribution is 2.20. The number of carbonyl (C=O) groups is 1. The van der Waals surface area contributed by atoms with Gasteiger partial charge in [0.05, 0.1) is 9.85 Å². The first kappa shape index (κ1) is 17.5. The zero-order valence-electron chi connectivity index (χ0n) is 12.8. The van der Waals surface area contributed by atoms with Gasteiger partial charge in [-0.05, 0) is 17.7 Å². The van der Waals surface area contributed by atoms with E-state index in [1.807, 2.05) is 0 Å². The summed E-state index contributed by atoms with van der Waals surface area (Å²) < 4.78 is 5.14. The van der Waals surface area contributed by atoms with Gasteiger partial charge in [-0.25, -0.2) is 4.79 Å². The average molecular weight is 340 g/mol. The molecule has 2 aromatic rings. The number of rotatable bonds is 6. The molecule has 0 bridgehead atoms. The third-order valence-corrected chi connectivity index (χ3v) is 3.00. The minimum absolute atomic E-state index is 0.0919. The van der Waals surface area contributed by atoms with E-state index in [2.05, 4.69) is 0 Å². The van der Waals surface area contributed by atoms with Crippen LogP contribution in [0.1, 0.15) is 11.1 Å². The molecule has 8 nitrogen and oxygen atoms in total. The molecule has 25 heavy (non-hydrogen) atoms. The lowest BCUT2D eigenvalue weighted by Gasteiger charge is -2.04. The van der Waals surface area contributed by atoms with Crippen molar-refractivity contribution < 1.29 is 19.4 Å². The van der Waals surface area contributed by atoms with Crippen LogP contribution in [0.4, 0.5) is 5.69 Å². The van der Waals surface area contributed by atoms with Crippen LogP contribution >= 0.6 is 0 Å². The van der Waals surface area contributed by atoms with Gasteiger partial charge in [0, 0.05) is 29.8 Å². The Hall–Kier alpha value is -3.81. The van der Waals surface area contributed by atoms with E-state index in [-0.39, 0.29) is 11.4 Å². The second kappa shape index (κ2) is 8.16. The maximum atomic E-state index is 11.9. The van der Waals surface area contributed by atoms with Crippen LogP contribution < -0.4 is 4.74 Å². The van der Waals surface area contributed by atoms with Gasteiger partial charge >= 0.3 is 5.97 Å². The van der Waals surface area contributed by atoms with Gasteiger partial charge in [0.15, 0.2) is 0 Å². The van der Waals surface area contributed by atoms with E-state index in [1.54, 1.807) is 24.3 Å². The van der Waals surface area contributed by atoms with Gasteiger partial charge in [0.25, 0.3) is 5.69 Å². The smallest absolute Gasteiger partial charge is 0.336 e. The molecule has 0 saturated heterocycles. The number of para-hydroxylation sites is 1. The lowest BCUT2D eigenvalue weighted by Crippen LogP contribution is -2.04. The van der Waals surface area contributed by atoms with E-state index >= 15 is 0 Å². The van der Waals surface area contributed by atoms with Crippen molar-refractivity contribution in [2.75, 3.05) is 0 Å². The monoisotopic (exact) mass is 340 g/mol. The summed E-state index contributed by atoms with van der Waals surface area (Å²) in [7, 11) is 0. The number of nitro benzene ring substituents is 1. The first-order valence-electron chi connectivity index (χ1n) is 7.01. The molecule has 0 atom stereocenters. The Balaban J connectivity index is 2.12. The second-order valence-corrected chi connectivity index (χ2v) is 4.75. The molecule has 0 N–H and O–H groups in total. The molecule has 0 saturated carbocycles. The molecule has 0 aliphatic heterocycles. The van der Waals surface area contributed by atoms with Gasteiger partial charge in [-0.1, -0.05) is 30.3 Å². The molecular weight excluding hydrogens is 328 g/mol. The number of esters is 1. The second-order valence-electron chi connectivity index (χ2n) is 4.75. The lowest BCUT2D eigenvalue weighted by atomic mass is 10.2. The maximum absolute atomic E-state index is 11.9. The predicted molar refractivity (Wildman–Crippen MR) is 90.2 cm³/mol. The van der Waals surface area contributed by atoms with Gasteiger partial charge in [0.2, 0.25) is 6.20 Å². The Morgan fingerprint density at radius 2 is 1.76 bits per heavy atom. The first-order valence-corrected chi connectivity index (χ1v) is 7.01. The van der Waals surface area contributed by atoms with Crippen molar-refractivity contribution in [1.82, 2.24) is 0 Å². The summed E-state index contributed by atoms with van der Waals surface area (Å²) >= 11 is 0. The van der Waals surface area contributed by atoms with Crippen molar-refractivity contribution in [3.05, 3.63) is 92.2 Å². The van der Waals surface area contributed by atoms with Crippen LogP contribution in [-0.2, 0) is 4.79 Å². The summed E-state index contributed by atoms with van der Waals surface area (Å²) in [5.41, 5.74) is 0.745. The molecule has 0 aromatic heterocycles. The zero-order valence-corrected chi connectivity index (χ0v) is 12.8. The van der Waals surface area contributed by atoms with Crippen LogP contribution in [0.5, 0.6) is 5.75 Å². The summed E-state index contributed by atoms with van der Waals surface area (Å²) in [5, 5.41) is 21.1. The molecule has 0 heterocycles. The zero-order chi connectivity index (χ0) is 18.2. The number of non-ortho nitro benzene ring substituents is 1. The van der Waals surface area contributed by atoms with Crippen LogP contribution in [0.3, 0.4) is 0 Å². The molecule has 0 unspecified atom stereocenters. The minimum atomic E-state index is -0.714. The Morgan fingerprint density at radius 1 is 1.00 bits per heavy atom. The minimum Gasteiger partial charge on any atom is -0.423 e. The molecule has 0 amide bonds. The van der Waals surface area contributed by atoms with Gasteiger partial charge in [-0.2, -0.15) is 0 Å². The third-order valence-electron chi connectivity index (χ3n) is 3.00. The number of carbonyl (C=O) groups excluding carboxylic acids is 1. The molecule has 0 aliphatic rings. The number of benzene rings is 2. The summed E-state index contributed by atoms with van der Waals surface area (Å²) in [6.07, 6.45) is 4.45. The summed E-state index contributed by atoms with van der Waals surface area (Å²) in [6, 6.07) is 12.1. The Labute approximate surface area is 142 Å². The Morgan fingerprint density at radius 3 is 2.48 bits per heavy atom. The molecule has 2 rings (SSSR count). The van der Waals surface area contributed by atoms with Crippen LogP contribution in [-0.4, -0.2) is 15.8 Å². The van der Waals surface area contributed by atoms with E-state index in [4.69, 9.17) is 4.74 Å². The lowest BCUT2D eigenvalue weighted by molar-refractivity contribution is -0.400. The first-order chi connectivity index (χ1) is 12.0. The van der Waals surface area contributed by atoms with Gasteiger partial charge in [-0.3, -0.25) is 20.2 Å². The molecule has 0 radical (unpaired) electrons. The number of nitrogens with zero attached hydrogens (tertiary/aromatic N) is 2. The fraction of sp³-hybridized carbons (Fsp3) is 0. The van der Waals surface area contributed by atoms with E-state index in [9.17, 15) is 25.0 Å².